The third kappa shape index (κ3) is 3.48. The first-order valence-corrected chi connectivity index (χ1v) is 6.66. The van der Waals surface area contributed by atoms with E-state index in [1.54, 1.807) is 0 Å². The number of aryl methyl sites for hydroxylation is 2. The average molecular weight is 287 g/mol. The lowest BCUT2D eigenvalue weighted by Gasteiger charge is -2.27. The standard InChI is InChI=1S/C13H22N4O.ClH/c1-4-5-17-10(3)12(9(2)16-17)13(18)15-8-11-6-14-7-11;/h11,14H,4-8H2,1-3H3,(H,15,18);1H. The monoisotopic (exact) mass is 286 g/mol. The summed E-state index contributed by atoms with van der Waals surface area (Å²) >= 11 is 0. The Balaban J connectivity index is 0.00000180. The van der Waals surface area contributed by atoms with Crippen molar-refractivity contribution in [1.29, 1.82) is 0 Å². The summed E-state index contributed by atoms with van der Waals surface area (Å²) in [4.78, 5) is 12.2. The van der Waals surface area contributed by atoms with Gasteiger partial charge >= 0.3 is 0 Å². The van der Waals surface area contributed by atoms with Gasteiger partial charge in [-0.1, -0.05) is 6.92 Å². The molecule has 0 aromatic carbocycles. The van der Waals surface area contributed by atoms with Crippen molar-refractivity contribution < 1.29 is 4.79 Å². The van der Waals surface area contributed by atoms with Gasteiger partial charge in [-0.3, -0.25) is 9.48 Å². The zero-order valence-electron chi connectivity index (χ0n) is 11.8. The lowest BCUT2D eigenvalue weighted by Crippen LogP contribution is -2.48. The molecule has 1 amide bonds. The molecule has 0 unspecified atom stereocenters. The molecule has 0 saturated carbocycles. The van der Waals surface area contributed by atoms with Crippen LogP contribution in [0, 0.1) is 19.8 Å². The van der Waals surface area contributed by atoms with Gasteiger partial charge in [0, 0.05) is 37.8 Å². The minimum Gasteiger partial charge on any atom is -0.352 e. The Hall–Kier alpha value is -1.07. The van der Waals surface area contributed by atoms with Crippen LogP contribution >= 0.6 is 12.4 Å². The molecule has 1 aliphatic rings. The van der Waals surface area contributed by atoms with Gasteiger partial charge in [-0.05, 0) is 20.3 Å². The summed E-state index contributed by atoms with van der Waals surface area (Å²) in [7, 11) is 0. The SMILES string of the molecule is CCCn1nc(C)c(C(=O)NCC2CNC2)c1C.Cl. The fraction of sp³-hybridized carbons (Fsp3) is 0.692. The number of rotatable bonds is 5. The van der Waals surface area contributed by atoms with E-state index >= 15 is 0 Å². The predicted molar refractivity (Wildman–Crippen MR) is 77.9 cm³/mol. The molecule has 1 saturated heterocycles. The number of aromatic nitrogens is 2. The number of carbonyl (C=O) groups excluding carboxylic acids is 1. The molecule has 0 aliphatic carbocycles. The summed E-state index contributed by atoms with van der Waals surface area (Å²) in [6.07, 6.45) is 1.02. The Morgan fingerprint density at radius 1 is 1.47 bits per heavy atom. The predicted octanol–water partition coefficient (Wildman–Crippen LogP) is 1.28. The van der Waals surface area contributed by atoms with Crippen LogP contribution in [0.3, 0.4) is 0 Å². The second-order valence-electron chi connectivity index (χ2n) is 5.00. The van der Waals surface area contributed by atoms with E-state index in [0.717, 1.165) is 49.6 Å². The van der Waals surface area contributed by atoms with Gasteiger partial charge in [0.05, 0.1) is 11.3 Å². The molecule has 108 valence electrons. The number of hydrogen-bond acceptors (Lipinski definition) is 3. The van der Waals surface area contributed by atoms with Gasteiger partial charge in [-0.2, -0.15) is 5.10 Å². The third-order valence-electron chi connectivity index (χ3n) is 3.46. The lowest BCUT2D eigenvalue weighted by atomic mass is 10.0. The Morgan fingerprint density at radius 2 is 2.16 bits per heavy atom. The van der Waals surface area contributed by atoms with Crippen LogP contribution in [0.4, 0.5) is 0 Å². The molecule has 0 spiro atoms. The van der Waals surface area contributed by atoms with Crippen molar-refractivity contribution in [2.24, 2.45) is 5.92 Å². The van der Waals surface area contributed by atoms with Gasteiger partial charge in [0.15, 0.2) is 0 Å². The zero-order valence-corrected chi connectivity index (χ0v) is 12.6. The number of nitrogens with zero attached hydrogens (tertiary/aromatic N) is 2. The Kier molecular flexibility index (Phi) is 5.82. The topological polar surface area (TPSA) is 59.0 Å². The summed E-state index contributed by atoms with van der Waals surface area (Å²) in [5.74, 6) is 0.597. The minimum absolute atomic E-state index is 0. The molecular weight excluding hydrogens is 264 g/mol. The molecule has 0 atom stereocenters. The van der Waals surface area contributed by atoms with Crippen LogP contribution in [-0.4, -0.2) is 35.3 Å². The second kappa shape index (κ2) is 6.91. The normalized spacial score (nSPS) is 14.7. The van der Waals surface area contributed by atoms with E-state index in [2.05, 4.69) is 22.7 Å². The Bertz CT molecular complexity index is 440. The van der Waals surface area contributed by atoms with Crippen molar-refractivity contribution in [3.63, 3.8) is 0 Å². The second-order valence-corrected chi connectivity index (χ2v) is 5.00. The Labute approximate surface area is 120 Å². The van der Waals surface area contributed by atoms with Gasteiger partial charge in [0.2, 0.25) is 0 Å². The maximum Gasteiger partial charge on any atom is 0.255 e. The summed E-state index contributed by atoms with van der Waals surface area (Å²) < 4.78 is 1.93. The van der Waals surface area contributed by atoms with E-state index < -0.39 is 0 Å². The van der Waals surface area contributed by atoms with Crippen LogP contribution in [0.2, 0.25) is 0 Å². The maximum absolute atomic E-state index is 12.2. The number of hydrogen-bond donors (Lipinski definition) is 2. The molecule has 2 N–H and O–H groups in total. The highest BCUT2D eigenvalue weighted by Gasteiger charge is 2.21. The van der Waals surface area contributed by atoms with Crippen LogP contribution in [0.15, 0.2) is 0 Å². The molecule has 2 heterocycles. The number of halogens is 1. The molecule has 0 radical (unpaired) electrons. The highest BCUT2D eigenvalue weighted by atomic mass is 35.5. The highest BCUT2D eigenvalue weighted by molar-refractivity contribution is 5.96. The summed E-state index contributed by atoms with van der Waals surface area (Å²) in [5.41, 5.74) is 2.54. The minimum atomic E-state index is 0. The van der Waals surface area contributed by atoms with E-state index in [4.69, 9.17) is 0 Å². The molecule has 19 heavy (non-hydrogen) atoms. The molecule has 0 bridgehead atoms. The van der Waals surface area contributed by atoms with Gasteiger partial charge in [-0.25, -0.2) is 0 Å². The van der Waals surface area contributed by atoms with E-state index in [-0.39, 0.29) is 18.3 Å². The zero-order chi connectivity index (χ0) is 13.1. The molecular formula is C13H23ClN4O. The summed E-state index contributed by atoms with van der Waals surface area (Å²) in [6, 6.07) is 0. The van der Waals surface area contributed by atoms with Gasteiger partial charge in [-0.15, -0.1) is 12.4 Å². The van der Waals surface area contributed by atoms with Crippen LogP contribution in [0.25, 0.3) is 0 Å². The highest BCUT2D eigenvalue weighted by Crippen LogP contribution is 2.13. The van der Waals surface area contributed by atoms with E-state index in [9.17, 15) is 4.79 Å². The Morgan fingerprint density at radius 3 is 2.68 bits per heavy atom. The van der Waals surface area contributed by atoms with Crippen molar-refractivity contribution >= 4 is 18.3 Å². The van der Waals surface area contributed by atoms with E-state index in [1.807, 2.05) is 18.5 Å². The van der Waals surface area contributed by atoms with Crippen molar-refractivity contribution in [3.8, 4) is 0 Å². The largest absolute Gasteiger partial charge is 0.352 e. The van der Waals surface area contributed by atoms with Crippen molar-refractivity contribution in [3.05, 3.63) is 17.0 Å². The average Bonchev–Trinajstić information content (AvgIpc) is 2.52. The van der Waals surface area contributed by atoms with Crippen molar-refractivity contribution in [1.82, 2.24) is 20.4 Å². The molecule has 1 aromatic rings. The van der Waals surface area contributed by atoms with Gasteiger partial charge in [0.25, 0.3) is 5.91 Å². The number of amides is 1. The molecule has 5 nitrogen and oxygen atoms in total. The van der Waals surface area contributed by atoms with Gasteiger partial charge in [0.1, 0.15) is 0 Å². The lowest BCUT2D eigenvalue weighted by molar-refractivity contribution is 0.0941. The fourth-order valence-corrected chi connectivity index (χ4v) is 2.27. The number of nitrogens with one attached hydrogen (secondary N) is 2. The van der Waals surface area contributed by atoms with Crippen molar-refractivity contribution in [2.75, 3.05) is 19.6 Å². The molecule has 1 aliphatic heterocycles. The molecule has 6 heteroatoms. The van der Waals surface area contributed by atoms with Crippen LogP contribution in [0.5, 0.6) is 0 Å². The fourth-order valence-electron chi connectivity index (χ4n) is 2.27. The van der Waals surface area contributed by atoms with Crippen LogP contribution in [-0.2, 0) is 6.54 Å². The number of carbonyl (C=O) groups is 1. The quantitative estimate of drug-likeness (QED) is 0.857. The first-order chi connectivity index (χ1) is 8.63. The molecule has 1 aromatic heterocycles. The van der Waals surface area contributed by atoms with Gasteiger partial charge < -0.3 is 10.6 Å². The van der Waals surface area contributed by atoms with Crippen LogP contribution < -0.4 is 10.6 Å². The van der Waals surface area contributed by atoms with Crippen molar-refractivity contribution in [2.45, 2.75) is 33.7 Å². The smallest absolute Gasteiger partial charge is 0.255 e. The summed E-state index contributed by atoms with van der Waals surface area (Å²) in [5, 5.41) is 10.6. The molecule has 1 fully saturated rings. The first-order valence-electron chi connectivity index (χ1n) is 6.66. The molecule has 2 rings (SSSR count). The van der Waals surface area contributed by atoms with E-state index in [0.29, 0.717) is 5.92 Å². The van der Waals surface area contributed by atoms with Crippen LogP contribution in [0.1, 0.15) is 35.1 Å². The van der Waals surface area contributed by atoms with E-state index in [1.165, 1.54) is 0 Å². The maximum atomic E-state index is 12.2. The third-order valence-corrected chi connectivity index (χ3v) is 3.46. The first kappa shape index (κ1) is 16.0. The summed E-state index contributed by atoms with van der Waals surface area (Å²) in [6.45, 7) is 9.62.